The van der Waals surface area contributed by atoms with E-state index in [0.29, 0.717) is 42.6 Å². The highest BCUT2D eigenvalue weighted by atomic mass is 35.5. The molecule has 0 radical (unpaired) electrons. The molecule has 0 heterocycles. The molecule has 3 aromatic carbocycles. The first kappa shape index (κ1) is 20.5. The lowest BCUT2D eigenvalue weighted by atomic mass is 10.2. The summed E-state index contributed by atoms with van der Waals surface area (Å²) >= 11 is 24.1. The van der Waals surface area contributed by atoms with Gasteiger partial charge in [-0.3, -0.25) is 9.98 Å². The summed E-state index contributed by atoms with van der Waals surface area (Å²) in [5.41, 5.74) is 1.68. The largest absolute Gasteiger partial charge is 0.507 e. The molecule has 0 aliphatic heterocycles. The minimum Gasteiger partial charge on any atom is -0.507 e. The monoisotopic (exact) mass is 452 g/mol. The van der Waals surface area contributed by atoms with E-state index in [0.717, 1.165) is 0 Å². The van der Waals surface area contributed by atoms with Crippen molar-refractivity contribution in [3.8, 4) is 11.5 Å². The molecule has 8 heteroatoms. The highest BCUT2D eigenvalue weighted by Gasteiger charge is 2.08. The molecule has 0 bridgehead atoms. The standard InChI is InChI=1S/C20H12Cl4N2O2/c21-13-1-3-19(27)11(5-13)9-25-17-7-15(23)16(24)8-18(17)26-10-12-6-14(22)2-4-20(12)28/h1-10,27-28H. The number of phenols is 2. The predicted octanol–water partition coefficient (Wildman–Crippen LogP) is 7.21. The van der Waals surface area contributed by atoms with Crippen LogP contribution in [0.2, 0.25) is 20.1 Å². The topological polar surface area (TPSA) is 65.2 Å². The summed E-state index contributed by atoms with van der Waals surface area (Å²) in [7, 11) is 0. The second-order valence-electron chi connectivity index (χ2n) is 5.68. The Balaban J connectivity index is 2.01. The highest BCUT2D eigenvalue weighted by Crippen LogP contribution is 2.37. The number of aliphatic imine (C=N–C) groups is 2. The van der Waals surface area contributed by atoms with Crippen molar-refractivity contribution in [1.82, 2.24) is 0 Å². The van der Waals surface area contributed by atoms with Crippen LogP contribution in [0.4, 0.5) is 11.4 Å². The Morgan fingerprint density at radius 2 is 1.00 bits per heavy atom. The number of aromatic hydroxyl groups is 2. The van der Waals surface area contributed by atoms with E-state index in [4.69, 9.17) is 46.4 Å². The molecule has 0 fully saturated rings. The molecule has 0 atom stereocenters. The van der Waals surface area contributed by atoms with E-state index in [2.05, 4.69) is 9.98 Å². The zero-order valence-corrected chi connectivity index (χ0v) is 17.1. The fourth-order valence-corrected chi connectivity index (χ4v) is 2.95. The maximum atomic E-state index is 9.92. The van der Waals surface area contributed by atoms with Gasteiger partial charge in [-0.25, -0.2) is 0 Å². The van der Waals surface area contributed by atoms with Gasteiger partial charge in [-0.15, -0.1) is 0 Å². The Labute approximate surface area is 181 Å². The molecule has 2 N–H and O–H groups in total. The van der Waals surface area contributed by atoms with Crippen molar-refractivity contribution in [3.63, 3.8) is 0 Å². The van der Waals surface area contributed by atoms with Gasteiger partial charge in [-0.2, -0.15) is 0 Å². The van der Waals surface area contributed by atoms with Gasteiger partial charge >= 0.3 is 0 Å². The molecule has 3 rings (SSSR count). The van der Waals surface area contributed by atoms with Gasteiger partial charge in [0.1, 0.15) is 11.5 Å². The van der Waals surface area contributed by atoms with Crippen molar-refractivity contribution in [1.29, 1.82) is 0 Å². The van der Waals surface area contributed by atoms with E-state index in [-0.39, 0.29) is 11.5 Å². The van der Waals surface area contributed by atoms with Crippen molar-refractivity contribution >= 4 is 70.2 Å². The van der Waals surface area contributed by atoms with E-state index >= 15 is 0 Å². The molecule has 0 spiro atoms. The molecule has 3 aromatic rings. The zero-order valence-electron chi connectivity index (χ0n) is 14.1. The smallest absolute Gasteiger partial charge is 0.124 e. The van der Waals surface area contributed by atoms with Crippen molar-refractivity contribution < 1.29 is 10.2 Å². The predicted molar refractivity (Wildman–Crippen MR) is 117 cm³/mol. The van der Waals surface area contributed by atoms with Crippen LogP contribution in [0.15, 0.2) is 58.5 Å². The quantitative estimate of drug-likeness (QED) is 0.409. The number of benzene rings is 3. The maximum absolute atomic E-state index is 9.92. The van der Waals surface area contributed by atoms with Crippen LogP contribution >= 0.6 is 46.4 Å². The average molecular weight is 454 g/mol. The van der Waals surface area contributed by atoms with Crippen LogP contribution in [-0.4, -0.2) is 22.6 Å². The lowest BCUT2D eigenvalue weighted by Crippen LogP contribution is -1.84. The fourth-order valence-electron chi connectivity index (χ4n) is 2.27. The third-order valence-corrected chi connectivity index (χ3v) is 4.87. The molecular formula is C20H12Cl4N2O2. The Morgan fingerprint density at radius 3 is 1.39 bits per heavy atom. The molecule has 0 saturated heterocycles. The van der Waals surface area contributed by atoms with Crippen LogP contribution < -0.4 is 0 Å². The third kappa shape index (κ3) is 4.97. The molecule has 0 saturated carbocycles. The van der Waals surface area contributed by atoms with Crippen molar-refractivity contribution in [3.05, 3.63) is 79.7 Å². The molecular weight excluding hydrogens is 442 g/mol. The average Bonchev–Trinajstić information content (AvgIpc) is 2.66. The lowest BCUT2D eigenvalue weighted by Gasteiger charge is -2.05. The molecule has 4 nitrogen and oxygen atoms in total. The summed E-state index contributed by atoms with van der Waals surface area (Å²) in [4.78, 5) is 8.69. The number of nitrogens with zero attached hydrogens (tertiary/aromatic N) is 2. The zero-order chi connectivity index (χ0) is 20.3. The fraction of sp³-hybridized carbons (Fsp3) is 0. The maximum Gasteiger partial charge on any atom is 0.124 e. The molecule has 28 heavy (non-hydrogen) atoms. The van der Waals surface area contributed by atoms with Crippen LogP contribution in [-0.2, 0) is 0 Å². The lowest BCUT2D eigenvalue weighted by molar-refractivity contribution is 0.474. The summed E-state index contributed by atoms with van der Waals surface area (Å²) in [6.07, 6.45) is 2.88. The van der Waals surface area contributed by atoms with Gasteiger partial charge in [0.15, 0.2) is 0 Å². The Kier molecular flexibility index (Phi) is 6.47. The number of halogens is 4. The third-order valence-electron chi connectivity index (χ3n) is 3.68. The van der Waals surface area contributed by atoms with Crippen LogP contribution in [0, 0.1) is 0 Å². The molecule has 142 valence electrons. The van der Waals surface area contributed by atoms with Gasteiger partial charge in [-0.05, 0) is 48.5 Å². The summed E-state index contributed by atoms with van der Waals surface area (Å²) in [6, 6.07) is 12.3. The number of hydrogen-bond donors (Lipinski definition) is 2. The minimum absolute atomic E-state index is 0.0297. The normalized spacial score (nSPS) is 11.6. The highest BCUT2D eigenvalue weighted by molar-refractivity contribution is 6.42. The van der Waals surface area contributed by atoms with Crippen molar-refractivity contribution in [2.45, 2.75) is 0 Å². The van der Waals surface area contributed by atoms with Crippen molar-refractivity contribution in [2.75, 3.05) is 0 Å². The van der Waals surface area contributed by atoms with Crippen LogP contribution in [0.1, 0.15) is 11.1 Å². The second kappa shape index (κ2) is 8.84. The second-order valence-corrected chi connectivity index (χ2v) is 7.36. The van der Waals surface area contributed by atoms with E-state index in [1.165, 1.54) is 24.6 Å². The summed E-state index contributed by atoms with van der Waals surface area (Å²) in [5, 5.41) is 21.4. The van der Waals surface area contributed by atoms with Gasteiger partial charge in [-0.1, -0.05) is 46.4 Å². The van der Waals surface area contributed by atoms with Gasteiger partial charge in [0, 0.05) is 33.6 Å². The molecule has 0 unspecified atom stereocenters. The first-order valence-corrected chi connectivity index (χ1v) is 9.39. The summed E-state index contributed by atoms with van der Waals surface area (Å²) in [6.45, 7) is 0. The molecule has 0 aromatic heterocycles. The summed E-state index contributed by atoms with van der Waals surface area (Å²) < 4.78 is 0. The Hall–Kier alpha value is -2.24. The molecule has 0 amide bonds. The first-order valence-electron chi connectivity index (χ1n) is 7.87. The Bertz CT molecular complexity index is 1010. The van der Waals surface area contributed by atoms with Crippen LogP contribution in [0.5, 0.6) is 11.5 Å². The van der Waals surface area contributed by atoms with Crippen LogP contribution in [0.3, 0.4) is 0 Å². The van der Waals surface area contributed by atoms with Gasteiger partial charge in [0.05, 0.1) is 21.4 Å². The Morgan fingerprint density at radius 1 is 0.607 bits per heavy atom. The van der Waals surface area contributed by atoms with E-state index in [1.54, 1.807) is 36.4 Å². The van der Waals surface area contributed by atoms with Crippen LogP contribution in [0.25, 0.3) is 0 Å². The molecule has 0 aliphatic carbocycles. The first-order chi connectivity index (χ1) is 13.3. The van der Waals surface area contributed by atoms with E-state index in [9.17, 15) is 10.2 Å². The van der Waals surface area contributed by atoms with Gasteiger partial charge in [0.25, 0.3) is 0 Å². The number of phenolic OH excluding ortho intramolecular Hbond substituents is 2. The SMILES string of the molecule is Oc1ccc(Cl)cc1C=Nc1cc(Cl)c(Cl)cc1N=Cc1cc(Cl)ccc1O. The van der Waals surface area contributed by atoms with Crippen molar-refractivity contribution in [2.24, 2.45) is 9.98 Å². The van der Waals surface area contributed by atoms with Gasteiger partial charge < -0.3 is 10.2 Å². The minimum atomic E-state index is 0.0297. The van der Waals surface area contributed by atoms with E-state index in [1.807, 2.05) is 0 Å². The van der Waals surface area contributed by atoms with E-state index < -0.39 is 0 Å². The van der Waals surface area contributed by atoms with Gasteiger partial charge in [0.2, 0.25) is 0 Å². The summed E-state index contributed by atoms with van der Waals surface area (Å²) in [5.74, 6) is 0.0595. The number of hydrogen-bond acceptors (Lipinski definition) is 4. The molecule has 0 aliphatic rings. The number of rotatable bonds is 4.